The second-order valence-electron chi connectivity index (χ2n) is 6.80. The largest absolute Gasteiger partial charge is 0.450 e. The van der Waals surface area contributed by atoms with Gasteiger partial charge in [-0.15, -0.1) is 35.3 Å². The Morgan fingerprint density at radius 2 is 1.96 bits per heavy atom. The predicted molar refractivity (Wildman–Crippen MR) is 125 cm³/mol. The van der Waals surface area contributed by atoms with Crippen LogP contribution in [-0.4, -0.2) is 85.7 Å². The quantitative estimate of drug-likeness (QED) is 0.367. The number of halogens is 1. The number of carbonyl (C=O) groups excluding carboxylic acids is 1. The van der Waals surface area contributed by atoms with Gasteiger partial charge in [0.1, 0.15) is 0 Å². The second kappa shape index (κ2) is 11.8. The zero-order chi connectivity index (χ0) is 19.1. The Bertz CT molecular complexity index is 646. The van der Waals surface area contributed by atoms with Gasteiger partial charge in [0.15, 0.2) is 5.96 Å². The first-order valence-corrected chi connectivity index (χ1v) is 10.8. The van der Waals surface area contributed by atoms with Gasteiger partial charge in [-0.3, -0.25) is 9.89 Å². The van der Waals surface area contributed by atoms with Crippen molar-refractivity contribution in [3.63, 3.8) is 0 Å². The molecule has 2 aliphatic rings. The molecule has 3 rings (SSSR count). The van der Waals surface area contributed by atoms with Crippen molar-refractivity contribution >= 4 is 47.4 Å². The Balaban J connectivity index is 0.00000280. The van der Waals surface area contributed by atoms with Crippen molar-refractivity contribution in [2.75, 3.05) is 59.0 Å². The van der Waals surface area contributed by atoms with Crippen LogP contribution in [0.2, 0.25) is 0 Å². The molecule has 3 heterocycles. The van der Waals surface area contributed by atoms with E-state index < -0.39 is 0 Å². The summed E-state index contributed by atoms with van der Waals surface area (Å²) in [4.78, 5) is 24.7. The summed E-state index contributed by atoms with van der Waals surface area (Å²) in [6, 6.07) is 2.25. The van der Waals surface area contributed by atoms with Gasteiger partial charge >= 0.3 is 6.09 Å². The van der Waals surface area contributed by atoms with Gasteiger partial charge in [0.25, 0.3) is 0 Å². The highest BCUT2D eigenvalue weighted by atomic mass is 127. The van der Waals surface area contributed by atoms with Gasteiger partial charge in [-0.2, -0.15) is 0 Å². The van der Waals surface area contributed by atoms with Crippen LogP contribution in [0.15, 0.2) is 16.4 Å². The van der Waals surface area contributed by atoms with Crippen molar-refractivity contribution in [3.05, 3.63) is 21.9 Å². The third-order valence-electron chi connectivity index (χ3n) is 5.00. The molecule has 1 saturated heterocycles. The van der Waals surface area contributed by atoms with Crippen molar-refractivity contribution < 1.29 is 9.53 Å². The molecule has 0 spiro atoms. The van der Waals surface area contributed by atoms with Gasteiger partial charge in [-0.05, 0) is 37.3 Å². The monoisotopic (exact) mass is 521 g/mol. The molecule has 0 atom stereocenters. The first-order valence-electron chi connectivity index (χ1n) is 9.93. The number of nitrogens with one attached hydrogen (secondary N) is 1. The summed E-state index contributed by atoms with van der Waals surface area (Å²) in [5.41, 5.74) is 1.48. The average molecular weight is 521 g/mol. The number of thiophene rings is 1. The number of hydrogen-bond acceptors (Lipinski definition) is 5. The topological polar surface area (TPSA) is 60.4 Å². The number of amides is 1. The van der Waals surface area contributed by atoms with Gasteiger partial charge in [0, 0.05) is 57.2 Å². The second-order valence-corrected chi connectivity index (χ2v) is 7.80. The number of guanidine groups is 1. The molecule has 158 valence electrons. The van der Waals surface area contributed by atoms with Gasteiger partial charge in [0.05, 0.1) is 13.2 Å². The highest BCUT2D eigenvalue weighted by Crippen LogP contribution is 2.23. The molecule has 1 fully saturated rings. The molecule has 1 aromatic heterocycles. The standard InChI is InChI=1S/C19H31N5O2S.HI/c1-3-20-18(23-10-12-24(13-11-23)19(25)26-4-2)21-7-9-22-8-5-17-16(15-22)6-14-27-17;/h6,14H,3-5,7-13,15H2,1-2H3,(H,20,21);1H. The molecule has 0 aromatic carbocycles. The van der Waals surface area contributed by atoms with Crippen LogP contribution in [0.5, 0.6) is 0 Å². The summed E-state index contributed by atoms with van der Waals surface area (Å²) < 4.78 is 5.09. The maximum atomic E-state index is 11.9. The van der Waals surface area contributed by atoms with E-state index in [2.05, 4.69) is 33.5 Å². The normalized spacial score (nSPS) is 17.7. The molecular formula is C19H32IN5O2S. The number of ether oxygens (including phenoxy) is 1. The number of hydrogen-bond donors (Lipinski definition) is 1. The fourth-order valence-electron chi connectivity index (χ4n) is 3.54. The highest BCUT2D eigenvalue weighted by Gasteiger charge is 2.24. The average Bonchev–Trinajstić information content (AvgIpc) is 3.15. The first kappa shape index (κ1) is 23.2. The van der Waals surface area contributed by atoms with Crippen molar-refractivity contribution in [1.82, 2.24) is 20.0 Å². The molecule has 0 bridgehead atoms. The smallest absolute Gasteiger partial charge is 0.409 e. The lowest BCUT2D eigenvalue weighted by Crippen LogP contribution is -2.54. The van der Waals surface area contributed by atoms with Crippen LogP contribution in [0.1, 0.15) is 24.3 Å². The van der Waals surface area contributed by atoms with E-state index in [0.29, 0.717) is 19.7 Å². The van der Waals surface area contributed by atoms with Gasteiger partial charge < -0.3 is 19.9 Å². The van der Waals surface area contributed by atoms with Gasteiger partial charge in [0.2, 0.25) is 0 Å². The number of piperazine rings is 1. The van der Waals surface area contributed by atoms with Gasteiger partial charge in [-0.1, -0.05) is 0 Å². The third kappa shape index (κ3) is 6.21. The Labute approximate surface area is 189 Å². The van der Waals surface area contributed by atoms with E-state index in [1.807, 2.05) is 18.3 Å². The van der Waals surface area contributed by atoms with E-state index in [-0.39, 0.29) is 30.1 Å². The fraction of sp³-hybridized carbons (Fsp3) is 0.684. The van der Waals surface area contributed by atoms with Crippen LogP contribution < -0.4 is 5.32 Å². The Morgan fingerprint density at radius 3 is 2.68 bits per heavy atom. The lowest BCUT2D eigenvalue weighted by atomic mass is 10.1. The molecule has 1 amide bonds. The van der Waals surface area contributed by atoms with Crippen LogP contribution in [0.4, 0.5) is 4.79 Å². The molecule has 0 saturated carbocycles. The number of carbonyl (C=O) groups is 1. The summed E-state index contributed by atoms with van der Waals surface area (Å²) in [5, 5.41) is 5.60. The number of rotatable bonds is 5. The molecule has 2 aliphatic heterocycles. The lowest BCUT2D eigenvalue weighted by molar-refractivity contribution is 0.0914. The zero-order valence-corrected chi connectivity index (χ0v) is 20.0. The number of aliphatic imine (C=N–C) groups is 1. The number of nitrogens with zero attached hydrogens (tertiary/aromatic N) is 4. The number of fused-ring (bicyclic) bond motifs is 1. The van der Waals surface area contributed by atoms with Gasteiger partial charge in [-0.25, -0.2) is 4.79 Å². The maximum Gasteiger partial charge on any atom is 0.409 e. The Kier molecular flexibility index (Phi) is 9.80. The van der Waals surface area contributed by atoms with E-state index in [1.54, 1.807) is 9.78 Å². The highest BCUT2D eigenvalue weighted by molar-refractivity contribution is 14.0. The summed E-state index contributed by atoms with van der Waals surface area (Å²) in [5.74, 6) is 0.953. The molecule has 28 heavy (non-hydrogen) atoms. The lowest BCUT2D eigenvalue weighted by Gasteiger charge is -2.36. The van der Waals surface area contributed by atoms with Crippen LogP contribution in [0.25, 0.3) is 0 Å². The Morgan fingerprint density at radius 1 is 1.21 bits per heavy atom. The van der Waals surface area contributed by atoms with Crippen molar-refractivity contribution in [3.8, 4) is 0 Å². The van der Waals surface area contributed by atoms with Crippen LogP contribution in [0, 0.1) is 0 Å². The van der Waals surface area contributed by atoms with Crippen molar-refractivity contribution in [1.29, 1.82) is 0 Å². The molecule has 0 aliphatic carbocycles. The van der Waals surface area contributed by atoms with Crippen LogP contribution >= 0.6 is 35.3 Å². The SMILES string of the molecule is CCNC(=NCCN1CCc2sccc2C1)N1CCN(C(=O)OCC)CC1.I. The summed E-state index contributed by atoms with van der Waals surface area (Å²) in [7, 11) is 0. The molecule has 7 nitrogen and oxygen atoms in total. The van der Waals surface area contributed by atoms with E-state index in [0.717, 1.165) is 58.2 Å². The summed E-state index contributed by atoms with van der Waals surface area (Å²) in [6.45, 7) is 12.1. The third-order valence-corrected chi connectivity index (χ3v) is 6.03. The minimum Gasteiger partial charge on any atom is -0.450 e. The minimum atomic E-state index is -0.211. The molecule has 9 heteroatoms. The molecule has 1 N–H and O–H groups in total. The van der Waals surface area contributed by atoms with E-state index in [9.17, 15) is 4.79 Å². The summed E-state index contributed by atoms with van der Waals surface area (Å²) in [6.07, 6.45) is 0.948. The van der Waals surface area contributed by atoms with Crippen LogP contribution in [0.3, 0.4) is 0 Å². The fourth-order valence-corrected chi connectivity index (χ4v) is 4.43. The Hall–Kier alpha value is -1.07. The van der Waals surface area contributed by atoms with Crippen LogP contribution in [-0.2, 0) is 17.7 Å². The van der Waals surface area contributed by atoms with E-state index in [4.69, 9.17) is 9.73 Å². The molecular weight excluding hydrogens is 489 g/mol. The van der Waals surface area contributed by atoms with E-state index >= 15 is 0 Å². The van der Waals surface area contributed by atoms with E-state index in [1.165, 1.54) is 5.56 Å². The molecule has 0 radical (unpaired) electrons. The first-order chi connectivity index (χ1) is 13.2. The predicted octanol–water partition coefficient (Wildman–Crippen LogP) is 2.46. The maximum absolute atomic E-state index is 11.9. The zero-order valence-electron chi connectivity index (χ0n) is 16.9. The minimum absolute atomic E-state index is 0. The molecule has 0 unspecified atom stereocenters. The summed E-state index contributed by atoms with van der Waals surface area (Å²) >= 11 is 1.88. The molecule has 1 aromatic rings. The van der Waals surface area contributed by atoms with Crippen molar-refractivity contribution in [2.24, 2.45) is 4.99 Å². The van der Waals surface area contributed by atoms with Crippen molar-refractivity contribution in [2.45, 2.75) is 26.8 Å².